The van der Waals surface area contributed by atoms with Gasteiger partial charge in [0.25, 0.3) is 0 Å². The molecule has 1 aromatic rings. The molecular formula is C12H14F3NO. The van der Waals surface area contributed by atoms with E-state index in [1.807, 2.05) is 0 Å². The summed E-state index contributed by atoms with van der Waals surface area (Å²) in [5, 5.41) is 2.60. The summed E-state index contributed by atoms with van der Waals surface area (Å²) in [6.07, 6.45) is 0.847. The summed E-state index contributed by atoms with van der Waals surface area (Å²) >= 11 is 0. The molecule has 0 saturated heterocycles. The normalized spacial score (nSPS) is 10.4. The van der Waals surface area contributed by atoms with Crippen molar-refractivity contribution < 1.29 is 18.0 Å². The van der Waals surface area contributed by atoms with Crippen LogP contribution < -0.4 is 5.32 Å². The molecule has 0 aromatic heterocycles. The average Bonchev–Trinajstić information content (AvgIpc) is 2.26. The zero-order chi connectivity index (χ0) is 12.8. The average molecular weight is 245 g/mol. The molecule has 1 rings (SSSR count). The molecular weight excluding hydrogens is 231 g/mol. The van der Waals surface area contributed by atoms with Gasteiger partial charge in [-0.2, -0.15) is 0 Å². The predicted octanol–water partition coefficient (Wildman–Crippen LogP) is 2.56. The van der Waals surface area contributed by atoms with Crippen molar-refractivity contribution in [3.8, 4) is 0 Å². The molecule has 5 heteroatoms. The van der Waals surface area contributed by atoms with Gasteiger partial charge in [-0.25, -0.2) is 13.2 Å². The van der Waals surface area contributed by atoms with Crippen molar-refractivity contribution in [2.24, 2.45) is 0 Å². The Kier molecular flexibility index (Phi) is 5.00. The molecule has 17 heavy (non-hydrogen) atoms. The number of aryl methyl sites for hydroxylation is 1. The largest absolute Gasteiger partial charge is 0.356 e. The Bertz CT molecular complexity index is 407. The van der Waals surface area contributed by atoms with E-state index in [1.54, 1.807) is 6.92 Å². The second-order valence-corrected chi connectivity index (χ2v) is 3.66. The van der Waals surface area contributed by atoms with E-state index < -0.39 is 17.5 Å². The lowest BCUT2D eigenvalue weighted by Crippen LogP contribution is -2.22. The van der Waals surface area contributed by atoms with Crippen molar-refractivity contribution in [1.82, 2.24) is 5.32 Å². The molecule has 0 heterocycles. The van der Waals surface area contributed by atoms with Gasteiger partial charge >= 0.3 is 0 Å². The van der Waals surface area contributed by atoms with Crippen LogP contribution in [0.4, 0.5) is 13.2 Å². The van der Waals surface area contributed by atoms with E-state index in [4.69, 9.17) is 0 Å². The van der Waals surface area contributed by atoms with Gasteiger partial charge in [-0.15, -0.1) is 0 Å². The summed E-state index contributed by atoms with van der Waals surface area (Å²) in [6, 6.07) is 1.36. The highest BCUT2D eigenvalue weighted by Gasteiger charge is 2.10. The molecule has 0 bridgehead atoms. The minimum atomic E-state index is -1.20. The fourth-order valence-electron chi connectivity index (χ4n) is 1.48. The van der Waals surface area contributed by atoms with E-state index >= 15 is 0 Å². The fraction of sp³-hybridized carbons (Fsp3) is 0.417. The van der Waals surface area contributed by atoms with Gasteiger partial charge in [-0.05, 0) is 31.4 Å². The van der Waals surface area contributed by atoms with E-state index in [2.05, 4.69) is 5.32 Å². The Balaban J connectivity index is 2.52. The maximum atomic E-state index is 13.2. The van der Waals surface area contributed by atoms with Gasteiger partial charge in [-0.3, -0.25) is 4.79 Å². The first-order chi connectivity index (χ1) is 8.04. The van der Waals surface area contributed by atoms with Gasteiger partial charge in [0.1, 0.15) is 5.82 Å². The van der Waals surface area contributed by atoms with Crippen LogP contribution in [0.25, 0.3) is 0 Å². The molecule has 1 aromatic carbocycles. The Labute approximate surface area is 97.8 Å². The zero-order valence-corrected chi connectivity index (χ0v) is 9.53. The van der Waals surface area contributed by atoms with Gasteiger partial charge < -0.3 is 5.32 Å². The first kappa shape index (κ1) is 13.5. The molecule has 0 radical (unpaired) electrons. The maximum Gasteiger partial charge on any atom is 0.219 e. The molecule has 1 amide bonds. The van der Waals surface area contributed by atoms with Gasteiger partial charge in [0.2, 0.25) is 5.91 Å². The summed E-state index contributed by atoms with van der Waals surface area (Å²) in [5.41, 5.74) is 0.0909. The quantitative estimate of drug-likeness (QED) is 0.794. The summed E-state index contributed by atoms with van der Waals surface area (Å²) in [5.74, 6) is -3.18. The van der Waals surface area contributed by atoms with Crippen molar-refractivity contribution >= 4 is 5.91 Å². The molecule has 1 N–H and O–H groups in total. The zero-order valence-electron chi connectivity index (χ0n) is 9.53. The van der Waals surface area contributed by atoms with Gasteiger partial charge in [0.05, 0.1) is 0 Å². The molecule has 0 aliphatic heterocycles. The van der Waals surface area contributed by atoms with Crippen molar-refractivity contribution in [2.45, 2.75) is 26.2 Å². The Hall–Kier alpha value is -1.52. The summed E-state index contributed by atoms with van der Waals surface area (Å²) < 4.78 is 38.7. The second-order valence-electron chi connectivity index (χ2n) is 3.66. The van der Waals surface area contributed by atoms with Crippen LogP contribution in [0.3, 0.4) is 0 Å². The number of hydrogen-bond acceptors (Lipinski definition) is 1. The van der Waals surface area contributed by atoms with Crippen LogP contribution in [-0.4, -0.2) is 12.5 Å². The van der Waals surface area contributed by atoms with Crippen LogP contribution in [-0.2, 0) is 11.2 Å². The number of carbonyl (C=O) groups is 1. The van der Waals surface area contributed by atoms with Gasteiger partial charge in [-0.1, -0.05) is 0 Å². The van der Waals surface area contributed by atoms with E-state index in [1.165, 1.54) is 0 Å². The molecule has 0 spiro atoms. The van der Waals surface area contributed by atoms with Crippen molar-refractivity contribution in [3.05, 3.63) is 35.1 Å². The first-order valence-electron chi connectivity index (χ1n) is 5.44. The Morgan fingerprint density at radius 2 is 1.82 bits per heavy atom. The van der Waals surface area contributed by atoms with Crippen LogP contribution in [0.5, 0.6) is 0 Å². The number of halogens is 3. The standard InChI is InChI=1S/C12H14F3NO/c1-2-16-12(17)5-3-4-8-6-10(14)11(15)7-9(8)13/h6-7H,2-5H2,1H3,(H,16,17). The summed E-state index contributed by atoms with van der Waals surface area (Å²) in [4.78, 5) is 11.1. The summed E-state index contributed by atoms with van der Waals surface area (Å²) in [6.45, 7) is 2.34. The topological polar surface area (TPSA) is 29.1 Å². The second kappa shape index (κ2) is 6.27. The number of amides is 1. The van der Waals surface area contributed by atoms with Crippen LogP contribution in [0.2, 0.25) is 0 Å². The highest BCUT2D eigenvalue weighted by molar-refractivity contribution is 5.75. The molecule has 0 aliphatic carbocycles. The maximum absolute atomic E-state index is 13.2. The predicted molar refractivity (Wildman–Crippen MR) is 57.9 cm³/mol. The molecule has 0 fully saturated rings. The minimum Gasteiger partial charge on any atom is -0.356 e. The Morgan fingerprint density at radius 3 is 2.47 bits per heavy atom. The molecule has 2 nitrogen and oxygen atoms in total. The fourth-order valence-corrected chi connectivity index (χ4v) is 1.48. The lowest BCUT2D eigenvalue weighted by Gasteiger charge is -2.04. The molecule has 0 unspecified atom stereocenters. The van der Waals surface area contributed by atoms with Crippen molar-refractivity contribution in [2.75, 3.05) is 6.54 Å². The van der Waals surface area contributed by atoms with Crippen LogP contribution in [0.15, 0.2) is 12.1 Å². The smallest absolute Gasteiger partial charge is 0.219 e. The lowest BCUT2D eigenvalue weighted by atomic mass is 10.1. The molecule has 0 saturated carbocycles. The lowest BCUT2D eigenvalue weighted by molar-refractivity contribution is -0.121. The third-order valence-electron chi connectivity index (χ3n) is 2.31. The van der Waals surface area contributed by atoms with Crippen molar-refractivity contribution in [3.63, 3.8) is 0 Å². The molecule has 0 aliphatic rings. The van der Waals surface area contributed by atoms with Crippen LogP contribution >= 0.6 is 0 Å². The third-order valence-corrected chi connectivity index (χ3v) is 2.31. The number of benzene rings is 1. The van der Waals surface area contributed by atoms with Crippen LogP contribution in [0, 0.1) is 17.5 Å². The summed E-state index contributed by atoms with van der Waals surface area (Å²) in [7, 11) is 0. The van der Waals surface area contributed by atoms with E-state index in [-0.39, 0.29) is 24.3 Å². The van der Waals surface area contributed by atoms with E-state index in [0.717, 1.165) is 6.07 Å². The highest BCUT2D eigenvalue weighted by atomic mass is 19.2. The highest BCUT2D eigenvalue weighted by Crippen LogP contribution is 2.15. The monoisotopic (exact) mass is 245 g/mol. The molecule has 0 atom stereocenters. The van der Waals surface area contributed by atoms with Gasteiger partial charge in [0.15, 0.2) is 11.6 Å². The Morgan fingerprint density at radius 1 is 1.18 bits per heavy atom. The molecule has 94 valence electrons. The number of carbonyl (C=O) groups excluding carboxylic acids is 1. The number of nitrogens with one attached hydrogen (secondary N) is 1. The number of hydrogen-bond donors (Lipinski definition) is 1. The SMILES string of the molecule is CCNC(=O)CCCc1cc(F)c(F)cc1F. The number of rotatable bonds is 5. The first-order valence-corrected chi connectivity index (χ1v) is 5.44. The van der Waals surface area contributed by atoms with Crippen LogP contribution in [0.1, 0.15) is 25.3 Å². The third kappa shape index (κ3) is 4.09. The minimum absolute atomic E-state index is 0.0909. The van der Waals surface area contributed by atoms with E-state index in [0.29, 0.717) is 19.0 Å². The van der Waals surface area contributed by atoms with Crippen molar-refractivity contribution in [1.29, 1.82) is 0 Å². The van der Waals surface area contributed by atoms with E-state index in [9.17, 15) is 18.0 Å². The van der Waals surface area contributed by atoms with Gasteiger partial charge in [0, 0.05) is 19.0 Å².